The van der Waals surface area contributed by atoms with E-state index in [0.29, 0.717) is 19.0 Å². The van der Waals surface area contributed by atoms with Gasteiger partial charge in [0.1, 0.15) is 0 Å². The minimum atomic E-state index is -3.10. The molecule has 0 bridgehead atoms. The van der Waals surface area contributed by atoms with Crippen LogP contribution in [0.15, 0.2) is 16.8 Å². The lowest BCUT2D eigenvalue weighted by atomic mass is 10.2. The number of rotatable bonds is 9. The zero-order valence-electron chi connectivity index (χ0n) is 10.4. The van der Waals surface area contributed by atoms with Crippen LogP contribution in [0.25, 0.3) is 0 Å². The molecular formula is C12H20N2O2S2. The molecule has 2 rings (SSSR count). The Labute approximate surface area is 113 Å². The summed E-state index contributed by atoms with van der Waals surface area (Å²) < 4.78 is 26.0. The van der Waals surface area contributed by atoms with Crippen LogP contribution in [-0.2, 0) is 16.4 Å². The van der Waals surface area contributed by atoms with Crippen molar-refractivity contribution in [2.75, 3.05) is 18.8 Å². The van der Waals surface area contributed by atoms with Crippen LogP contribution in [-0.4, -0.2) is 33.3 Å². The highest BCUT2D eigenvalue weighted by Gasteiger charge is 2.20. The van der Waals surface area contributed by atoms with Crippen molar-refractivity contribution in [2.45, 2.75) is 31.7 Å². The van der Waals surface area contributed by atoms with Gasteiger partial charge in [0.25, 0.3) is 0 Å². The summed E-state index contributed by atoms with van der Waals surface area (Å²) in [5, 5.41) is 7.37. The van der Waals surface area contributed by atoms with Crippen molar-refractivity contribution in [2.24, 2.45) is 0 Å². The van der Waals surface area contributed by atoms with Crippen LogP contribution in [0.3, 0.4) is 0 Å². The average molecular weight is 288 g/mol. The van der Waals surface area contributed by atoms with Gasteiger partial charge in [-0.3, -0.25) is 0 Å². The highest BCUT2D eigenvalue weighted by molar-refractivity contribution is 7.89. The minimum Gasteiger partial charge on any atom is -0.314 e. The molecule has 1 heterocycles. The summed E-state index contributed by atoms with van der Waals surface area (Å²) in [5.74, 6) is 0.219. The molecular weight excluding hydrogens is 268 g/mol. The first kappa shape index (κ1) is 14.0. The summed E-state index contributed by atoms with van der Waals surface area (Å²) in [7, 11) is -3.10. The number of thiophene rings is 1. The highest BCUT2D eigenvalue weighted by Crippen LogP contribution is 2.18. The first-order valence-corrected chi connectivity index (χ1v) is 8.97. The molecule has 18 heavy (non-hydrogen) atoms. The third-order valence-corrected chi connectivity index (χ3v) is 5.12. The Hall–Kier alpha value is -0.430. The van der Waals surface area contributed by atoms with Crippen molar-refractivity contribution in [1.82, 2.24) is 10.0 Å². The van der Waals surface area contributed by atoms with Crippen molar-refractivity contribution in [3.8, 4) is 0 Å². The van der Waals surface area contributed by atoms with Crippen LogP contribution < -0.4 is 10.0 Å². The maximum absolute atomic E-state index is 11.7. The molecule has 1 aliphatic carbocycles. The van der Waals surface area contributed by atoms with E-state index in [1.54, 1.807) is 11.3 Å². The summed E-state index contributed by atoms with van der Waals surface area (Å²) in [6.07, 6.45) is 3.94. The Morgan fingerprint density at radius 1 is 1.33 bits per heavy atom. The summed E-state index contributed by atoms with van der Waals surface area (Å²) in [6.45, 7) is 1.30. The second-order valence-electron chi connectivity index (χ2n) is 4.68. The summed E-state index contributed by atoms with van der Waals surface area (Å²) in [6, 6.07) is 2.68. The summed E-state index contributed by atoms with van der Waals surface area (Å²) >= 11 is 1.64. The monoisotopic (exact) mass is 288 g/mol. The van der Waals surface area contributed by atoms with Gasteiger partial charge in [0.2, 0.25) is 10.0 Å². The van der Waals surface area contributed by atoms with E-state index in [2.05, 4.69) is 10.0 Å². The van der Waals surface area contributed by atoms with Gasteiger partial charge in [0.05, 0.1) is 5.75 Å². The van der Waals surface area contributed by atoms with Gasteiger partial charge in [-0.25, -0.2) is 13.1 Å². The fourth-order valence-corrected chi connectivity index (χ4v) is 3.50. The maximum Gasteiger partial charge on any atom is 0.211 e. The Balaban J connectivity index is 1.57. The lowest BCUT2D eigenvalue weighted by Gasteiger charge is -2.06. The molecule has 0 atom stereocenters. The summed E-state index contributed by atoms with van der Waals surface area (Å²) in [4.78, 5) is 0. The van der Waals surface area contributed by atoms with E-state index in [9.17, 15) is 8.42 Å². The Bertz CT molecular complexity index is 439. The molecule has 1 saturated carbocycles. The highest BCUT2D eigenvalue weighted by atomic mass is 32.2. The van der Waals surface area contributed by atoms with Crippen molar-refractivity contribution in [3.63, 3.8) is 0 Å². The molecule has 2 N–H and O–H groups in total. The van der Waals surface area contributed by atoms with Gasteiger partial charge in [-0.2, -0.15) is 11.3 Å². The van der Waals surface area contributed by atoms with Gasteiger partial charge in [0.15, 0.2) is 0 Å². The summed E-state index contributed by atoms with van der Waals surface area (Å²) in [5.41, 5.74) is 1.19. The Kier molecular flexibility index (Phi) is 5.17. The molecule has 0 aromatic carbocycles. The van der Waals surface area contributed by atoms with Gasteiger partial charge in [-0.05, 0) is 54.6 Å². The van der Waals surface area contributed by atoms with Crippen LogP contribution in [0.2, 0.25) is 0 Å². The minimum absolute atomic E-state index is 0.219. The van der Waals surface area contributed by atoms with Crippen molar-refractivity contribution >= 4 is 21.4 Å². The second-order valence-corrected chi connectivity index (χ2v) is 7.38. The molecule has 1 aromatic heterocycles. The molecule has 0 unspecified atom stereocenters. The average Bonchev–Trinajstić information content (AvgIpc) is 3.01. The maximum atomic E-state index is 11.7. The van der Waals surface area contributed by atoms with E-state index in [1.807, 2.05) is 16.8 Å². The smallest absolute Gasteiger partial charge is 0.211 e. The Morgan fingerprint density at radius 3 is 2.83 bits per heavy atom. The lowest BCUT2D eigenvalue weighted by molar-refractivity contribution is 0.574. The van der Waals surface area contributed by atoms with E-state index >= 15 is 0 Å². The third kappa shape index (κ3) is 5.48. The predicted octanol–water partition coefficient (Wildman–Crippen LogP) is 1.35. The topological polar surface area (TPSA) is 58.2 Å². The molecule has 102 valence electrons. The first-order chi connectivity index (χ1) is 8.66. The molecule has 0 saturated heterocycles. The number of sulfonamides is 1. The fraction of sp³-hybridized carbons (Fsp3) is 0.667. The van der Waals surface area contributed by atoms with Crippen LogP contribution >= 0.6 is 11.3 Å². The van der Waals surface area contributed by atoms with Gasteiger partial charge < -0.3 is 5.32 Å². The van der Waals surface area contributed by atoms with Gasteiger partial charge >= 0.3 is 0 Å². The number of hydrogen-bond donors (Lipinski definition) is 2. The zero-order chi connectivity index (χ0) is 12.8. The SMILES string of the molecule is O=S(=O)(CCCNC1CC1)NCCc1ccsc1. The van der Waals surface area contributed by atoms with Crippen LogP contribution in [0.5, 0.6) is 0 Å². The van der Waals surface area contributed by atoms with E-state index in [4.69, 9.17) is 0 Å². The normalized spacial score (nSPS) is 16.0. The second kappa shape index (κ2) is 6.65. The number of hydrogen-bond acceptors (Lipinski definition) is 4. The fourth-order valence-electron chi connectivity index (χ4n) is 1.71. The first-order valence-electron chi connectivity index (χ1n) is 6.37. The van der Waals surface area contributed by atoms with Crippen LogP contribution in [0.4, 0.5) is 0 Å². The molecule has 0 radical (unpaired) electrons. The van der Waals surface area contributed by atoms with Crippen molar-refractivity contribution < 1.29 is 8.42 Å². The zero-order valence-corrected chi connectivity index (χ0v) is 12.0. The molecule has 4 nitrogen and oxygen atoms in total. The van der Waals surface area contributed by atoms with E-state index in [1.165, 1.54) is 18.4 Å². The predicted molar refractivity (Wildman–Crippen MR) is 75.5 cm³/mol. The standard InChI is InChI=1S/C12H20N2O2S2/c15-18(16,9-1-6-13-12-2-3-12)14-7-4-11-5-8-17-10-11/h5,8,10,12-14H,1-4,6-7,9H2. The van der Waals surface area contributed by atoms with Crippen molar-refractivity contribution in [3.05, 3.63) is 22.4 Å². The van der Waals surface area contributed by atoms with E-state index in [-0.39, 0.29) is 5.75 Å². The Morgan fingerprint density at radius 2 is 2.17 bits per heavy atom. The third-order valence-electron chi connectivity index (χ3n) is 2.92. The quantitative estimate of drug-likeness (QED) is 0.674. The van der Waals surface area contributed by atoms with E-state index in [0.717, 1.165) is 13.0 Å². The van der Waals surface area contributed by atoms with Gasteiger partial charge in [-0.1, -0.05) is 0 Å². The van der Waals surface area contributed by atoms with Gasteiger partial charge in [-0.15, -0.1) is 0 Å². The molecule has 1 fully saturated rings. The van der Waals surface area contributed by atoms with Crippen molar-refractivity contribution in [1.29, 1.82) is 0 Å². The molecule has 0 amide bonds. The van der Waals surface area contributed by atoms with Crippen LogP contribution in [0, 0.1) is 0 Å². The van der Waals surface area contributed by atoms with Crippen LogP contribution in [0.1, 0.15) is 24.8 Å². The number of nitrogens with one attached hydrogen (secondary N) is 2. The largest absolute Gasteiger partial charge is 0.314 e. The molecule has 0 spiro atoms. The molecule has 6 heteroatoms. The molecule has 1 aromatic rings. The van der Waals surface area contributed by atoms with E-state index < -0.39 is 10.0 Å². The lowest BCUT2D eigenvalue weighted by Crippen LogP contribution is -2.30. The van der Waals surface area contributed by atoms with Gasteiger partial charge in [0, 0.05) is 12.6 Å². The molecule has 0 aliphatic heterocycles. The molecule has 1 aliphatic rings.